The standard InChI is InChI=1S/C15H22INO6/c1-4-5-6-21-10-7-9-11(18)17-13(16)22-8-15(17,12(19)20-3)14(9,2)23-10/h9-10,13H,4-8H2,1-3H3/t9-,10-,13-,14-,15+/m0/s1. The number of alkyl halides is 1. The van der Waals surface area contributed by atoms with E-state index in [9.17, 15) is 9.59 Å². The Balaban J connectivity index is 1.91. The molecular formula is C15H22INO6. The molecule has 3 rings (SSSR count). The monoisotopic (exact) mass is 439 g/mol. The van der Waals surface area contributed by atoms with Gasteiger partial charge >= 0.3 is 5.97 Å². The number of carbonyl (C=O) groups excluding carboxylic acids is 2. The zero-order valence-corrected chi connectivity index (χ0v) is 15.7. The zero-order valence-electron chi connectivity index (χ0n) is 13.5. The molecule has 8 heteroatoms. The Kier molecular flexibility index (Phi) is 4.63. The van der Waals surface area contributed by atoms with Gasteiger partial charge in [-0.2, -0.15) is 0 Å². The molecule has 3 aliphatic heterocycles. The van der Waals surface area contributed by atoms with Crippen molar-refractivity contribution in [1.29, 1.82) is 0 Å². The average molecular weight is 439 g/mol. The first-order valence-corrected chi connectivity index (χ1v) is 9.13. The van der Waals surface area contributed by atoms with Crippen molar-refractivity contribution in [3.05, 3.63) is 0 Å². The Morgan fingerprint density at radius 1 is 1.52 bits per heavy atom. The summed E-state index contributed by atoms with van der Waals surface area (Å²) in [7, 11) is 1.32. The second kappa shape index (κ2) is 6.12. The number of ether oxygens (including phenoxy) is 4. The van der Waals surface area contributed by atoms with Gasteiger partial charge < -0.3 is 18.9 Å². The molecule has 0 aromatic carbocycles. The van der Waals surface area contributed by atoms with Gasteiger partial charge in [0.2, 0.25) is 5.91 Å². The summed E-state index contributed by atoms with van der Waals surface area (Å²) in [6.45, 7) is 4.54. The number of hydrogen-bond donors (Lipinski definition) is 0. The minimum Gasteiger partial charge on any atom is -0.467 e. The Bertz CT molecular complexity index is 516. The third kappa shape index (κ3) is 2.25. The van der Waals surface area contributed by atoms with E-state index in [2.05, 4.69) is 6.92 Å². The first-order chi connectivity index (χ1) is 10.9. The Hall–Kier alpha value is -0.450. The molecule has 0 aromatic heterocycles. The molecule has 1 amide bonds. The lowest BCUT2D eigenvalue weighted by molar-refractivity contribution is -0.202. The van der Waals surface area contributed by atoms with Gasteiger partial charge in [-0.25, -0.2) is 4.79 Å². The van der Waals surface area contributed by atoms with Crippen LogP contribution in [-0.2, 0) is 28.5 Å². The molecule has 5 atom stereocenters. The molecule has 7 nitrogen and oxygen atoms in total. The van der Waals surface area contributed by atoms with Crippen molar-refractivity contribution in [2.45, 2.75) is 54.8 Å². The predicted octanol–water partition coefficient (Wildman–Crippen LogP) is 1.43. The third-order valence-electron chi connectivity index (χ3n) is 5.19. The molecule has 3 saturated heterocycles. The minimum atomic E-state index is -1.24. The number of amides is 1. The van der Waals surface area contributed by atoms with Crippen molar-refractivity contribution < 1.29 is 28.5 Å². The number of fused-ring (bicyclic) bond motifs is 3. The van der Waals surface area contributed by atoms with Gasteiger partial charge in [-0.15, -0.1) is 0 Å². The minimum absolute atomic E-state index is 0.0771. The SMILES string of the molecule is CCCCO[C@@H]1C[C@H]2C(=O)N3[C@H](I)OC[C@@]3(C(=O)OC)[C@@]2(C)O1. The van der Waals surface area contributed by atoms with Crippen molar-refractivity contribution in [3.63, 3.8) is 0 Å². The number of unbranched alkanes of at least 4 members (excludes halogenated alkanes) is 1. The van der Waals surface area contributed by atoms with Gasteiger partial charge in [0.05, 0.1) is 19.6 Å². The number of methoxy groups -OCH3 is 1. The molecule has 0 radical (unpaired) electrons. The van der Waals surface area contributed by atoms with Gasteiger partial charge in [-0.3, -0.25) is 9.69 Å². The van der Waals surface area contributed by atoms with Crippen LogP contribution >= 0.6 is 22.6 Å². The molecule has 0 unspecified atom stereocenters. The number of esters is 1. The van der Waals surface area contributed by atoms with Crippen LogP contribution in [0.2, 0.25) is 0 Å². The van der Waals surface area contributed by atoms with Crippen LogP contribution in [0.1, 0.15) is 33.1 Å². The van der Waals surface area contributed by atoms with Gasteiger partial charge in [-0.05, 0) is 35.9 Å². The molecule has 23 heavy (non-hydrogen) atoms. The van der Waals surface area contributed by atoms with Gasteiger partial charge in [0, 0.05) is 13.0 Å². The van der Waals surface area contributed by atoms with Crippen molar-refractivity contribution >= 4 is 34.5 Å². The molecule has 0 aromatic rings. The summed E-state index contributed by atoms with van der Waals surface area (Å²) in [5, 5.41) is 0. The summed E-state index contributed by atoms with van der Waals surface area (Å²) in [5.74, 6) is -1.05. The third-order valence-corrected chi connectivity index (χ3v) is 6.11. The van der Waals surface area contributed by atoms with Gasteiger partial charge in [0.1, 0.15) is 5.60 Å². The second-order valence-corrected chi connectivity index (χ2v) is 7.40. The van der Waals surface area contributed by atoms with Gasteiger partial charge in [0.25, 0.3) is 0 Å². The fourth-order valence-electron chi connectivity index (χ4n) is 3.88. The van der Waals surface area contributed by atoms with Crippen LogP contribution in [0.4, 0.5) is 0 Å². The molecule has 0 aliphatic carbocycles. The van der Waals surface area contributed by atoms with Crippen LogP contribution < -0.4 is 0 Å². The van der Waals surface area contributed by atoms with E-state index in [-0.39, 0.29) is 12.5 Å². The second-order valence-electron chi connectivity index (χ2n) is 6.33. The first kappa shape index (κ1) is 17.4. The topological polar surface area (TPSA) is 74.3 Å². The highest BCUT2D eigenvalue weighted by Crippen LogP contribution is 2.57. The summed E-state index contributed by atoms with van der Waals surface area (Å²) >= 11 is 2.01. The van der Waals surface area contributed by atoms with E-state index in [1.165, 1.54) is 12.0 Å². The van der Waals surface area contributed by atoms with E-state index in [1.54, 1.807) is 6.92 Å². The maximum atomic E-state index is 12.9. The summed E-state index contributed by atoms with van der Waals surface area (Å²) in [5.41, 5.74) is -2.24. The summed E-state index contributed by atoms with van der Waals surface area (Å²) in [4.78, 5) is 27.0. The molecule has 0 spiro atoms. The van der Waals surface area contributed by atoms with Crippen LogP contribution in [0.15, 0.2) is 0 Å². The van der Waals surface area contributed by atoms with E-state index in [0.717, 1.165) is 12.8 Å². The lowest BCUT2D eigenvalue weighted by atomic mass is 9.77. The number of hydrogen-bond acceptors (Lipinski definition) is 6. The van der Waals surface area contributed by atoms with Crippen LogP contribution in [0, 0.1) is 5.92 Å². The van der Waals surface area contributed by atoms with E-state index >= 15 is 0 Å². The van der Waals surface area contributed by atoms with Crippen molar-refractivity contribution in [2.75, 3.05) is 20.3 Å². The molecule has 130 valence electrons. The summed E-state index contributed by atoms with van der Waals surface area (Å²) in [6.07, 6.45) is 1.94. The van der Waals surface area contributed by atoms with Crippen LogP contribution in [0.5, 0.6) is 0 Å². The van der Waals surface area contributed by atoms with Crippen molar-refractivity contribution in [3.8, 4) is 0 Å². The number of carbonyl (C=O) groups is 2. The van der Waals surface area contributed by atoms with Crippen molar-refractivity contribution in [2.24, 2.45) is 5.92 Å². The molecular weight excluding hydrogens is 417 g/mol. The van der Waals surface area contributed by atoms with E-state index < -0.39 is 33.6 Å². The highest BCUT2D eigenvalue weighted by molar-refractivity contribution is 14.1. The summed E-state index contributed by atoms with van der Waals surface area (Å²) < 4.78 is 22.0. The maximum Gasteiger partial charge on any atom is 0.337 e. The first-order valence-electron chi connectivity index (χ1n) is 7.89. The molecule has 3 aliphatic rings. The van der Waals surface area contributed by atoms with Crippen molar-refractivity contribution in [1.82, 2.24) is 4.90 Å². The molecule has 3 fully saturated rings. The lowest BCUT2D eigenvalue weighted by Gasteiger charge is -2.39. The number of nitrogens with zero attached hydrogens (tertiary/aromatic N) is 1. The van der Waals surface area contributed by atoms with E-state index in [1.807, 2.05) is 22.6 Å². The van der Waals surface area contributed by atoms with E-state index in [4.69, 9.17) is 18.9 Å². The quantitative estimate of drug-likeness (QED) is 0.212. The summed E-state index contributed by atoms with van der Waals surface area (Å²) in [6, 6.07) is 0. The molecule has 0 bridgehead atoms. The van der Waals surface area contributed by atoms with Gasteiger partial charge in [-0.1, -0.05) is 13.3 Å². The normalized spacial score (nSPS) is 42.0. The van der Waals surface area contributed by atoms with E-state index in [0.29, 0.717) is 13.0 Å². The molecule has 0 N–H and O–H groups in total. The largest absolute Gasteiger partial charge is 0.467 e. The smallest absolute Gasteiger partial charge is 0.337 e. The molecule has 0 saturated carbocycles. The maximum absolute atomic E-state index is 12.9. The fraction of sp³-hybridized carbons (Fsp3) is 0.867. The number of rotatable bonds is 5. The fourth-order valence-corrected chi connectivity index (χ4v) is 4.81. The average Bonchev–Trinajstić information content (AvgIpc) is 3.10. The van der Waals surface area contributed by atoms with Crippen LogP contribution in [0.25, 0.3) is 0 Å². The Morgan fingerprint density at radius 2 is 2.26 bits per heavy atom. The van der Waals surface area contributed by atoms with Crippen LogP contribution in [-0.4, -0.2) is 58.8 Å². The highest BCUT2D eigenvalue weighted by Gasteiger charge is 2.78. The molecule has 3 heterocycles. The lowest BCUT2D eigenvalue weighted by Crippen LogP contribution is -2.63. The predicted molar refractivity (Wildman–Crippen MR) is 87.6 cm³/mol. The Labute approximate surface area is 149 Å². The van der Waals surface area contributed by atoms with Crippen LogP contribution in [0.3, 0.4) is 0 Å². The van der Waals surface area contributed by atoms with Gasteiger partial charge in [0.15, 0.2) is 16.1 Å². The Morgan fingerprint density at radius 3 is 2.91 bits per heavy atom. The highest BCUT2D eigenvalue weighted by atomic mass is 127. The number of halogens is 1. The zero-order chi connectivity index (χ0) is 16.8.